The van der Waals surface area contributed by atoms with Crippen molar-refractivity contribution in [2.75, 3.05) is 6.54 Å². The molecule has 0 aromatic heterocycles. The lowest BCUT2D eigenvalue weighted by molar-refractivity contribution is -0.139. The number of hydrogen-bond acceptors (Lipinski definition) is 5. The third kappa shape index (κ3) is 6.93. The van der Waals surface area contributed by atoms with Gasteiger partial charge in [-0.3, -0.25) is 9.59 Å². The van der Waals surface area contributed by atoms with Gasteiger partial charge in [0.05, 0.1) is 16.8 Å². The average molecular weight is 418 g/mol. The van der Waals surface area contributed by atoms with E-state index in [1.807, 2.05) is 6.92 Å². The maximum absolute atomic E-state index is 11.5. The third-order valence-electron chi connectivity index (χ3n) is 3.67. The first kappa shape index (κ1) is 21.9. The summed E-state index contributed by atoms with van der Waals surface area (Å²) < 4.78 is 5.64. The highest BCUT2D eigenvalue weighted by molar-refractivity contribution is 6.35. The molecule has 152 valence electrons. The third-order valence-corrected chi connectivity index (χ3v) is 3.97. The van der Waals surface area contributed by atoms with E-state index in [2.05, 4.69) is 15.8 Å². The molecule has 2 amide bonds. The highest BCUT2D eigenvalue weighted by atomic mass is 35.5. The van der Waals surface area contributed by atoms with Crippen molar-refractivity contribution in [2.24, 2.45) is 5.10 Å². The Balaban J connectivity index is 1.90. The van der Waals surface area contributed by atoms with E-state index < -0.39 is 17.8 Å². The number of carbonyl (C=O) groups excluding carboxylic acids is 2. The molecule has 8 nitrogen and oxygen atoms in total. The molecule has 0 heterocycles. The summed E-state index contributed by atoms with van der Waals surface area (Å²) >= 11 is 6.20. The number of aromatic carboxylic acids is 1. The maximum atomic E-state index is 11.5. The summed E-state index contributed by atoms with van der Waals surface area (Å²) in [5.41, 5.74) is 3.73. The summed E-state index contributed by atoms with van der Waals surface area (Å²) in [5, 5.41) is 15.4. The van der Waals surface area contributed by atoms with Crippen LogP contribution in [0.5, 0.6) is 5.75 Å². The van der Waals surface area contributed by atoms with Crippen molar-refractivity contribution >= 4 is 35.6 Å². The molecule has 0 aliphatic carbocycles. The topological polar surface area (TPSA) is 117 Å². The number of nitrogens with zero attached hydrogens (tertiary/aromatic N) is 1. The number of hydrazone groups is 1. The molecule has 0 saturated carbocycles. The van der Waals surface area contributed by atoms with Crippen LogP contribution in [0.25, 0.3) is 0 Å². The number of carboxylic acid groups (broad SMARTS) is 1. The van der Waals surface area contributed by atoms with Crippen molar-refractivity contribution in [2.45, 2.75) is 20.0 Å². The molecular weight excluding hydrogens is 398 g/mol. The number of amides is 2. The summed E-state index contributed by atoms with van der Waals surface area (Å²) in [6.45, 7) is 2.51. The van der Waals surface area contributed by atoms with Gasteiger partial charge in [-0.15, -0.1) is 0 Å². The van der Waals surface area contributed by atoms with E-state index in [1.54, 1.807) is 30.3 Å². The van der Waals surface area contributed by atoms with Crippen LogP contribution in [0.3, 0.4) is 0 Å². The minimum Gasteiger partial charge on any atom is -0.487 e. The highest BCUT2D eigenvalue weighted by Crippen LogP contribution is 2.25. The molecule has 0 aliphatic heterocycles. The lowest BCUT2D eigenvalue weighted by Crippen LogP contribution is -2.38. The van der Waals surface area contributed by atoms with Crippen molar-refractivity contribution in [3.05, 3.63) is 64.2 Å². The summed E-state index contributed by atoms with van der Waals surface area (Å²) in [6, 6.07) is 11.2. The average Bonchev–Trinajstić information content (AvgIpc) is 2.71. The van der Waals surface area contributed by atoms with Gasteiger partial charge in [0.25, 0.3) is 0 Å². The number of halogens is 1. The largest absolute Gasteiger partial charge is 0.487 e. The maximum Gasteiger partial charge on any atom is 0.335 e. The van der Waals surface area contributed by atoms with Crippen LogP contribution in [0.4, 0.5) is 0 Å². The van der Waals surface area contributed by atoms with Crippen LogP contribution in [0.1, 0.15) is 34.8 Å². The van der Waals surface area contributed by atoms with Crippen molar-refractivity contribution < 1.29 is 24.2 Å². The molecule has 0 atom stereocenters. The summed E-state index contributed by atoms with van der Waals surface area (Å²) in [5.74, 6) is -2.15. The highest BCUT2D eigenvalue weighted by Gasteiger charge is 2.11. The number of benzene rings is 2. The zero-order chi connectivity index (χ0) is 21.2. The monoisotopic (exact) mass is 417 g/mol. The Kier molecular flexibility index (Phi) is 8.17. The lowest BCUT2D eigenvalue weighted by Gasteiger charge is -2.09. The quantitative estimate of drug-likeness (QED) is 0.346. The summed E-state index contributed by atoms with van der Waals surface area (Å²) in [7, 11) is 0. The van der Waals surface area contributed by atoms with Crippen LogP contribution in [-0.4, -0.2) is 35.6 Å². The minimum absolute atomic E-state index is 0.199. The normalized spacial score (nSPS) is 10.6. The Morgan fingerprint density at radius 2 is 1.86 bits per heavy atom. The lowest BCUT2D eigenvalue weighted by atomic mass is 10.1. The van der Waals surface area contributed by atoms with Crippen molar-refractivity contribution in [1.82, 2.24) is 10.7 Å². The van der Waals surface area contributed by atoms with Gasteiger partial charge in [-0.25, -0.2) is 10.2 Å². The van der Waals surface area contributed by atoms with E-state index in [0.29, 0.717) is 22.9 Å². The van der Waals surface area contributed by atoms with Gasteiger partial charge in [0.2, 0.25) is 0 Å². The Hall–Kier alpha value is -3.39. The van der Waals surface area contributed by atoms with E-state index >= 15 is 0 Å². The molecule has 0 saturated heterocycles. The first-order valence-electron chi connectivity index (χ1n) is 8.76. The second-order valence-electron chi connectivity index (χ2n) is 5.94. The molecule has 0 aliphatic rings. The van der Waals surface area contributed by atoms with Gasteiger partial charge >= 0.3 is 17.8 Å². The summed E-state index contributed by atoms with van der Waals surface area (Å²) in [6.07, 6.45) is 2.08. The van der Waals surface area contributed by atoms with Crippen molar-refractivity contribution in [3.8, 4) is 5.75 Å². The van der Waals surface area contributed by atoms with E-state index in [-0.39, 0.29) is 12.2 Å². The first-order chi connectivity index (χ1) is 13.9. The molecule has 9 heteroatoms. The summed E-state index contributed by atoms with van der Waals surface area (Å²) in [4.78, 5) is 33.8. The van der Waals surface area contributed by atoms with Crippen molar-refractivity contribution in [3.63, 3.8) is 0 Å². The Labute approximate surface area is 172 Å². The minimum atomic E-state index is -0.990. The SMILES string of the molecule is CCCNC(=O)C(=O)N/N=C\c1ccc(OCc2ccc(C(=O)O)cc2)c(Cl)c1. The number of nitrogens with one attached hydrogen (secondary N) is 2. The molecule has 29 heavy (non-hydrogen) atoms. The Morgan fingerprint density at radius 3 is 2.48 bits per heavy atom. The fourth-order valence-corrected chi connectivity index (χ4v) is 2.40. The van der Waals surface area contributed by atoms with Crippen LogP contribution < -0.4 is 15.5 Å². The number of carboxylic acids is 1. The predicted molar refractivity (Wildman–Crippen MR) is 108 cm³/mol. The molecule has 0 radical (unpaired) electrons. The van der Waals surface area contributed by atoms with Crippen LogP contribution in [0.2, 0.25) is 5.02 Å². The number of hydrogen-bond donors (Lipinski definition) is 3. The molecular formula is C20H20ClN3O5. The second-order valence-corrected chi connectivity index (χ2v) is 6.34. The molecule has 0 fully saturated rings. The molecule has 3 N–H and O–H groups in total. The molecule has 0 unspecified atom stereocenters. The number of carbonyl (C=O) groups is 3. The molecule has 0 bridgehead atoms. The van der Waals surface area contributed by atoms with E-state index in [4.69, 9.17) is 21.4 Å². The fourth-order valence-electron chi connectivity index (χ4n) is 2.15. The molecule has 0 spiro atoms. The van der Waals surface area contributed by atoms with E-state index in [0.717, 1.165) is 12.0 Å². The Morgan fingerprint density at radius 1 is 1.14 bits per heavy atom. The van der Waals surface area contributed by atoms with Crippen molar-refractivity contribution in [1.29, 1.82) is 0 Å². The molecule has 2 aromatic carbocycles. The van der Waals surface area contributed by atoms with Gasteiger partial charge in [0.1, 0.15) is 12.4 Å². The van der Waals surface area contributed by atoms with E-state index in [1.165, 1.54) is 18.3 Å². The molecule has 2 rings (SSSR count). The zero-order valence-corrected chi connectivity index (χ0v) is 16.4. The van der Waals surface area contributed by atoms with E-state index in [9.17, 15) is 14.4 Å². The predicted octanol–water partition coefficient (Wildman–Crippen LogP) is 2.59. The Bertz CT molecular complexity index is 913. The first-order valence-corrected chi connectivity index (χ1v) is 9.14. The second kappa shape index (κ2) is 10.8. The molecule has 2 aromatic rings. The van der Waals surface area contributed by atoms with Gasteiger partial charge in [0.15, 0.2) is 0 Å². The smallest absolute Gasteiger partial charge is 0.335 e. The van der Waals surface area contributed by atoms with Gasteiger partial charge in [0, 0.05) is 6.54 Å². The van der Waals surface area contributed by atoms with Crippen LogP contribution >= 0.6 is 11.6 Å². The van der Waals surface area contributed by atoms with Gasteiger partial charge in [-0.1, -0.05) is 30.7 Å². The van der Waals surface area contributed by atoms with Crippen LogP contribution in [0.15, 0.2) is 47.6 Å². The van der Waals surface area contributed by atoms with Gasteiger partial charge in [-0.2, -0.15) is 5.10 Å². The van der Waals surface area contributed by atoms with Gasteiger partial charge < -0.3 is 15.2 Å². The fraction of sp³-hybridized carbons (Fsp3) is 0.200. The number of ether oxygens (including phenoxy) is 1. The zero-order valence-electron chi connectivity index (χ0n) is 15.6. The van der Waals surface area contributed by atoms with Gasteiger partial charge in [-0.05, 0) is 47.9 Å². The standard InChI is InChI=1S/C20H20ClN3O5/c1-2-9-22-18(25)19(26)24-23-11-14-5-8-17(16(21)10-14)29-12-13-3-6-15(7-4-13)20(27)28/h3-8,10-11H,2,9,12H2,1H3,(H,22,25)(H,24,26)(H,27,28)/b23-11-. The van der Waals surface area contributed by atoms with Crippen LogP contribution in [-0.2, 0) is 16.2 Å². The van der Waals surface area contributed by atoms with Crippen LogP contribution in [0, 0.1) is 0 Å². The number of rotatable bonds is 8.